The smallest absolute Gasteiger partial charge is 0.276 e. The van der Waals surface area contributed by atoms with Crippen molar-refractivity contribution >= 4 is 5.91 Å². The van der Waals surface area contributed by atoms with E-state index < -0.39 is 0 Å². The van der Waals surface area contributed by atoms with Crippen molar-refractivity contribution in [1.82, 2.24) is 34.6 Å². The van der Waals surface area contributed by atoms with E-state index in [0.717, 1.165) is 24.5 Å². The molecule has 9 heteroatoms. The summed E-state index contributed by atoms with van der Waals surface area (Å²) in [6.07, 6.45) is 7.85. The van der Waals surface area contributed by atoms with E-state index >= 15 is 0 Å². The fourth-order valence-corrected chi connectivity index (χ4v) is 3.96. The Morgan fingerprint density at radius 2 is 2.04 bits per heavy atom. The molecule has 146 valence electrons. The first-order valence-corrected chi connectivity index (χ1v) is 9.82. The molecule has 0 bridgehead atoms. The van der Waals surface area contributed by atoms with Gasteiger partial charge in [-0.3, -0.25) is 9.48 Å². The summed E-state index contributed by atoms with van der Waals surface area (Å²) >= 11 is 0. The molecule has 1 aliphatic carbocycles. The molecule has 0 spiro atoms. The number of likely N-dealkylation sites (tertiary alicyclic amines) is 1. The van der Waals surface area contributed by atoms with Crippen LogP contribution >= 0.6 is 0 Å². The Morgan fingerprint density at radius 3 is 2.68 bits per heavy atom. The second kappa shape index (κ2) is 6.88. The maximum atomic E-state index is 12.6. The standard InChI is InChI=1S/C19H23N7O2/c1-13-11-16(23-28-13)19(27)24-9-5-14(6-10-24)18-22-21-17(26(18)15-3-4-15)12-25-8-2-7-20-25/h2,7-8,11,14-15H,3-6,9-10,12H2,1H3. The summed E-state index contributed by atoms with van der Waals surface area (Å²) in [6, 6.07) is 4.12. The number of amides is 1. The highest BCUT2D eigenvalue weighted by Gasteiger charge is 2.34. The summed E-state index contributed by atoms with van der Waals surface area (Å²) in [5.74, 6) is 2.95. The lowest BCUT2D eigenvalue weighted by Gasteiger charge is -2.31. The van der Waals surface area contributed by atoms with E-state index in [-0.39, 0.29) is 5.91 Å². The minimum Gasteiger partial charge on any atom is -0.361 e. The topological polar surface area (TPSA) is 94.9 Å². The molecule has 1 amide bonds. The minimum atomic E-state index is -0.0571. The molecule has 4 heterocycles. The van der Waals surface area contributed by atoms with Crippen molar-refractivity contribution in [2.75, 3.05) is 13.1 Å². The molecule has 1 saturated carbocycles. The molecule has 0 N–H and O–H groups in total. The highest BCUT2D eigenvalue weighted by molar-refractivity contribution is 5.92. The van der Waals surface area contributed by atoms with Crippen LogP contribution in [0.3, 0.4) is 0 Å². The number of hydrogen-bond acceptors (Lipinski definition) is 6. The zero-order chi connectivity index (χ0) is 19.1. The van der Waals surface area contributed by atoms with E-state index in [1.54, 1.807) is 19.2 Å². The van der Waals surface area contributed by atoms with Crippen LogP contribution < -0.4 is 0 Å². The van der Waals surface area contributed by atoms with Crippen LogP contribution in [0.15, 0.2) is 29.0 Å². The number of rotatable bonds is 5. The normalized spacial score (nSPS) is 18.0. The lowest BCUT2D eigenvalue weighted by molar-refractivity contribution is 0.0699. The molecule has 0 aromatic carbocycles. The van der Waals surface area contributed by atoms with Gasteiger partial charge >= 0.3 is 0 Å². The molecule has 3 aromatic heterocycles. The number of aromatic nitrogens is 6. The first-order chi connectivity index (χ1) is 13.7. The van der Waals surface area contributed by atoms with Gasteiger partial charge in [-0.05, 0) is 38.7 Å². The fourth-order valence-electron chi connectivity index (χ4n) is 3.96. The zero-order valence-electron chi connectivity index (χ0n) is 15.9. The van der Waals surface area contributed by atoms with Crippen LogP contribution in [0.1, 0.15) is 65.5 Å². The van der Waals surface area contributed by atoms with Gasteiger partial charge in [0.15, 0.2) is 11.5 Å². The third-order valence-electron chi connectivity index (χ3n) is 5.56. The maximum Gasteiger partial charge on any atom is 0.276 e. The summed E-state index contributed by atoms with van der Waals surface area (Å²) in [6.45, 7) is 3.82. The van der Waals surface area contributed by atoms with Gasteiger partial charge in [0.25, 0.3) is 5.91 Å². The summed E-state index contributed by atoms with van der Waals surface area (Å²) in [5, 5.41) is 17.2. The van der Waals surface area contributed by atoms with Crippen LogP contribution in [0, 0.1) is 6.92 Å². The lowest BCUT2D eigenvalue weighted by Crippen LogP contribution is -2.38. The van der Waals surface area contributed by atoms with Crippen LogP contribution in [-0.2, 0) is 6.54 Å². The van der Waals surface area contributed by atoms with E-state index in [1.807, 2.05) is 21.8 Å². The SMILES string of the molecule is Cc1cc(C(=O)N2CCC(c3nnc(Cn4cccn4)n3C3CC3)CC2)no1. The summed E-state index contributed by atoms with van der Waals surface area (Å²) in [7, 11) is 0. The molecule has 1 saturated heterocycles. The first-order valence-electron chi connectivity index (χ1n) is 9.82. The van der Waals surface area contributed by atoms with Gasteiger partial charge in [-0.2, -0.15) is 5.10 Å². The molecule has 2 fully saturated rings. The first kappa shape index (κ1) is 17.2. The van der Waals surface area contributed by atoms with Crippen LogP contribution in [-0.4, -0.2) is 53.6 Å². The largest absolute Gasteiger partial charge is 0.361 e. The number of carbonyl (C=O) groups is 1. The summed E-state index contributed by atoms with van der Waals surface area (Å²) in [5.41, 5.74) is 0.388. The Balaban J connectivity index is 1.30. The quantitative estimate of drug-likeness (QED) is 0.672. The summed E-state index contributed by atoms with van der Waals surface area (Å²) < 4.78 is 9.24. The van der Waals surface area contributed by atoms with E-state index in [2.05, 4.69) is 25.0 Å². The predicted molar refractivity (Wildman–Crippen MR) is 98.7 cm³/mol. The molecule has 3 aromatic rings. The molecule has 0 radical (unpaired) electrons. The Labute approximate surface area is 162 Å². The van der Waals surface area contributed by atoms with E-state index in [9.17, 15) is 4.79 Å². The van der Waals surface area contributed by atoms with Crippen LogP contribution in [0.4, 0.5) is 0 Å². The van der Waals surface area contributed by atoms with Crippen molar-refractivity contribution in [3.8, 4) is 0 Å². The number of aryl methyl sites for hydroxylation is 1. The van der Waals surface area contributed by atoms with Gasteiger partial charge in [-0.1, -0.05) is 5.16 Å². The van der Waals surface area contributed by atoms with Crippen molar-refractivity contribution in [3.05, 3.63) is 47.6 Å². The summed E-state index contributed by atoms with van der Waals surface area (Å²) in [4.78, 5) is 14.4. The van der Waals surface area contributed by atoms with Crippen molar-refractivity contribution in [2.24, 2.45) is 0 Å². The molecule has 1 aliphatic heterocycles. The third-order valence-corrected chi connectivity index (χ3v) is 5.56. The van der Waals surface area contributed by atoms with Crippen LogP contribution in [0.25, 0.3) is 0 Å². The highest BCUT2D eigenvalue weighted by atomic mass is 16.5. The Kier molecular flexibility index (Phi) is 4.22. The van der Waals surface area contributed by atoms with Gasteiger partial charge in [-0.15, -0.1) is 10.2 Å². The predicted octanol–water partition coefficient (Wildman–Crippen LogP) is 2.17. The average molecular weight is 381 g/mol. The lowest BCUT2D eigenvalue weighted by atomic mass is 9.95. The molecule has 5 rings (SSSR count). The number of hydrogen-bond donors (Lipinski definition) is 0. The third kappa shape index (κ3) is 3.21. The number of piperidine rings is 1. The van der Waals surface area contributed by atoms with Crippen molar-refractivity contribution in [2.45, 2.75) is 51.1 Å². The van der Waals surface area contributed by atoms with Crippen molar-refractivity contribution in [1.29, 1.82) is 0 Å². The molecule has 0 unspecified atom stereocenters. The monoisotopic (exact) mass is 381 g/mol. The Bertz CT molecular complexity index is 962. The fraction of sp³-hybridized carbons (Fsp3) is 0.526. The van der Waals surface area contributed by atoms with Gasteiger partial charge in [-0.25, -0.2) is 0 Å². The second-order valence-electron chi connectivity index (χ2n) is 7.67. The molecule has 0 atom stereocenters. The average Bonchev–Trinajstić information content (AvgIpc) is 3.09. The molecule has 2 aliphatic rings. The maximum absolute atomic E-state index is 12.6. The van der Waals surface area contributed by atoms with Crippen LogP contribution in [0.5, 0.6) is 0 Å². The molecular formula is C19H23N7O2. The molecular weight excluding hydrogens is 358 g/mol. The van der Waals surface area contributed by atoms with E-state index in [4.69, 9.17) is 4.52 Å². The molecule has 28 heavy (non-hydrogen) atoms. The second-order valence-corrected chi connectivity index (χ2v) is 7.67. The van der Waals surface area contributed by atoms with Gasteiger partial charge in [0.05, 0.1) is 0 Å². The van der Waals surface area contributed by atoms with Crippen LogP contribution in [0.2, 0.25) is 0 Å². The highest BCUT2D eigenvalue weighted by Crippen LogP contribution is 2.40. The van der Waals surface area contributed by atoms with Crippen molar-refractivity contribution in [3.63, 3.8) is 0 Å². The van der Waals surface area contributed by atoms with Gasteiger partial charge in [0, 0.05) is 43.5 Å². The Hall–Kier alpha value is -2.97. The zero-order valence-corrected chi connectivity index (χ0v) is 15.9. The van der Waals surface area contributed by atoms with Gasteiger partial charge in [0.2, 0.25) is 0 Å². The number of nitrogens with zero attached hydrogens (tertiary/aromatic N) is 7. The minimum absolute atomic E-state index is 0.0571. The molecule has 9 nitrogen and oxygen atoms in total. The van der Waals surface area contributed by atoms with Gasteiger partial charge in [0.1, 0.15) is 18.1 Å². The number of carbonyl (C=O) groups excluding carboxylic acids is 1. The Morgan fingerprint density at radius 1 is 1.21 bits per heavy atom. The van der Waals surface area contributed by atoms with Crippen molar-refractivity contribution < 1.29 is 9.32 Å². The van der Waals surface area contributed by atoms with E-state index in [0.29, 0.717) is 43.0 Å². The van der Waals surface area contributed by atoms with E-state index in [1.165, 1.54) is 12.8 Å². The van der Waals surface area contributed by atoms with Gasteiger partial charge < -0.3 is 14.0 Å².